The van der Waals surface area contributed by atoms with Crippen LogP contribution in [0.4, 0.5) is 0 Å². The molecule has 2 atom stereocenters. The van der Waals surface area contributed by atoms with Crippen molar-refractivity contribution in [1.82, 2.24) is 5.32 Å². The average molecular weight is 242 g/mol. The highest BCUT2D eigenvalue weighted by atomic mass is 16.1. The summed E-state index contributed by atoms with van der Waals surface area (Å²) in [5.41, 5.74) is 0.415. The van der Waals surface area contributed by atoms with Crippen LogP contribution in [0.15, 0.2) is 30.3 Å². The van der Waals surface area contributed by atoms with E-state index < -0.39 is 5.54 Å². The van der Waals surface area contributed by atoms with Crippen LogP contribution >= 0.6 is 0 Å². The van der Waals surface area contributed by atoms with Gasteiger partial charge in [-0.1, -0.05) is 36.8 Å². The number of benzene rings is 1. The zero-order valence-electron chi connectivity index (χ0n) is 10.6. The minimum Gasteiger partial charge on any atom is -0.338 e. The molecule has 1 aromatic carbocycles. The third-order valence-electron chi connectivity index (χ3n) is 3.71. The third kappa shape index (κ3) is 2.38. The second-order valence-electron chi connectivity index (χ2n) is 4.97. The maximum absolute atomic E-state index is 11.4. The Balaban J connectivity index is 2.36. The first-order valence-electron chi connectivity index (χ1n) is 6.43. The maximum Gasteiger partial charge on any atom is 0.218 e. The molecule has 1 aliphatic carbocycles. The van der Waals surface area contributed by atoms with Gasteiger partial charge in [-0.3, -0.25) is 4.79 Å². The molecule has 1 aliphatic rings. The van der Waals surface area contributed by atoms with Crippen LogP contribution in [-0.2, 0) is 4.79 Å². The molecule has 94 valence electrons. The SMILES string of the molecule is CC(=O)N[C@@]1(C#N)CCCC[C@H]1c1ccccc1. The van der Waals surface area contributed by atoms with Crippen molar-refractivity contribution >= 4 is 5.91 Å². The Morgan fingerprint density at radius 3 is 2.72 bits per heavy atom. The fourth-order valence-corrected chi connectivity index (χ4v) is 2.93. The van der Waals surface area contributed by atoms with E-state index in [4.69, 9.17) is 0 Å². The topological polar surface area (TPSA) is 52.9 Å². The van der Waals surface area contributed by atoms with Gasteiger partial charge in [0.1, 0.15) is 5.54 Å². The minimum atomic E-state index is -0.731. The van der Waals surface area contributed by atoms with Gasteiger partial charge in [-0.25, -0.2) is 0 Å². The van der Waals surface area contributed by atoms with Crippen LogP contribution in [0, 0.1) is 11.3 Å². The molecule has 1 N–H and O–H groups in total. The summed E-state index contributed by atoms with van der Waals surface area (Å²) in [5.74, 6) is -0.0271. The van der Waals surface area contributed by atoms with E-state index >= 15 is 0 Å². The quantitative estimate of drug-likeness (QED) is 0.867. The van der Waals surface area contributed by atoms with Crippen molar-refractivity contribution < 1.29 is 4.79 Å². The molecule has 0 unspecified atom stereocenters. The van der Waals surface area contributed by atoms with E-state index in [2.05, 4.69) is 11.4 Å². The van der Waals surface area contributed by atoms with Crippen LogP contribution in [0.5, 0.6) is 0 Å². The fraction of sp³-hybridized carbons (Fsp3) is 0.467. The maximum atomic E-state index is 11.4. The van der Waals surface area contributed by atoms with Gasteiger partial charge in [0, 0.05) is 12.8 Å². The lowest BCUT2D eigenvalue weighted by atomic mass is 9.70. The molecule has 0 radical (unpaired) electrons. The molecule has 3 nitrogen and oxygen atoms in total. The normalized spacial score (nSPS) is 27.2. The van der Waals surface area contributed by atoms with Crippen molar-refractivity contribution in [3.8, 4) is 6.07 Å². The van der Waals surface area contributed by atoms with Gasteiger partial charge >= 0.3 is 0 Å². The van der Waals surface area contributed by atoms with Crippen molar-refractivity contribution in [2.24, 2.45) is 0 Å². The van der Waals surface area contributed by atoms with Gasteiger partial charge in [0.25, 0.3) is 0 Å². The summed E-state index contributed by atoms with van der Waals surface area (Å²) >= 11 is 0. The first-order valence-corrected chi connectivity index (χ1v) is 6.43. The Labute approximate surface area is 108 Å². The Morgan fingerprint density at radius 2 is 2.11 bits per heavy atom. The Morgan fingerprint density at radius 1 is 1.39 bits per heavy atom. The van der Waals surface area contributed by atoms with Crippen LogP contribution in [0.3, 0.4) is 0 Å². The second kappa shape index (κ2) is 5.22. The molecule has 1 fully saturated rings. The molecule has 2 rings (SSSR count). The number of nitrogens with one attached hydrogen (secondary N) is 1. The number of nitriles is 1. The number of carbonyl (C=O) groups excluding carboxylic acids is 1. The van der Waals surface area contributed by atoms with Crippen LogP contribution < -0.4 is 5.32 Å². The first-order chi connectivity index (χ1) is 8.68. The number of amides is 1. The van der Waals surface area contributed by atoms with Gasteiger partial charge in [0.2, 0.25) is 5.91 Å². The van der Waals surface area contributed by atoms with Crippen molar-refractivity contribution in [2.75, 3.05) is 0 Å². The highest BCUT2D eigenvalue weighted by Crippen LogP contribution is 2.40. The summed E-state index contributed by atoms with van der Waals surface area (Å²) < 4.78 is 0. The third-order valence-corrected chi connectivity index (χ3v) is 3.71. The smallest absolute Gasteiger partial charge is 0.218 e. The number of hydrogen-bond acceptors (Lipinski definition) is 2. The van der Waals surface area contributed by atoms with Crippen LogP contribution in [0.1, 0.15) is 44.1 Å². The highest BCUT2D eigenvalue weighted by Gasteiger charge is 2.42. The van der Waals surface area contributed by atoms with Crippen molar-refractivity contribution in [1.29, 1.82) is 5.26 Å². The monoisotopic (exact) mass is 242 g/mol. The lowest BCUT2D eigenvalue weighted by molar-refractivity contribution is -0.120. The molecule has 0 bridgehead atoms. The molecule has 0 aromatic heterocycles. The van der Waals surface area contributed by atoms with E-state index in [1.807, 2.05) is 30.3 Å². The Bertz CT molecular complexity index is 463. The molecule has 1 amide bonds. The zero-order valence-corrected chi connectivity index (χ0v) is 10.6. The van der Waals surface area contributed by atoms with E-state index in [0.29, 0.717) is 0 Å². The zero-order chi connectivity index (χ0) is 13.0. The molecule has 0 aliphatic heterocycles. The average Bonchev–Trinajstić information content (AvgIpc) is 2.39. The Hall–Kier alpha value is -1.82. The summed E-state index contributed by atoms with van der Waals surface area (Å²) in [5, 5.41) is 12.5. The Kier molecular flexibility index (Phi) is 3.66. The molecule has 0 saturated heterocycles. The van der Waals surface area contributed by atoms with Crippen molar-refractivity contribution in [2.45, 2.75) is 44.1 Å². The molecular formula is C15H18N2O. The molecular weight excluding hydrogens is 224 g/mol. The summed E-state index contributed by atoms with van der Waals surface area (Å²) in [4.78, 5) is 11.4. The summed E-state index contributed by atoms with van der Waals surface area (Å²) in [7, 11) is 0. The standard InChI is InChI=1S/C15H18N2O/c1-12(18)17-15(11-16)10-6-5-9-14(15)13-7-3-2-4-8-13/h2-4,7-8,14H,5-6,9-10H2,1H3,(H,17,18)/t14-,15+/m0/s1. The van der Waals surface area contributed by atoms with E-state index in [1.54, 1.807) is 0 Å². The van der Waals surface area contributed by atoms with Crippen LogP contribution in [0.2, 0.25) is 0 Å². The predicted octanol–water partition coefficient (Wildman–Crippen LogP) is 2.74. The molecule has 18 heavy (non-hydrogen) atoms. The van der Waals surface area contributed by atoms with Crippen molar-refractivity contribution in [3.63, 3.8) is 0 Å². The van der Waals surface area contributed by atoms with E-state index in [0.717, 1.165) is 31.2 Å². The van der Waals surface area contributed by atoms with Gasteiger partial charge in [0.05, 0.1) is 6.07 Å². The molecule has 1 aromatic rings. The van der Waals surface area contributed by atoms with E-state index in [-0.39, 0.29) is 11.8 Å². The van der Waals surface area contributed by atoms with E-state index in [9.17, 15) is 10.1 Å². The van der Waals surface area contributed by atoms with Gasteiger partial charge in [-0.2, -0.15) is 5.26 Å². The molecule has 0 spiro atoms. The first kappa shape index (κ1) is 12.6. The number of hydrogen-bond donors (Lipinski definition) is 1. The highest BCUT2D eigenvalue weighted by molar-refractivity contribution is 5.74. The largest absolute Gasteiger partial charge is 0.338 e. The summed E-state index contributed by atoms with van der Waals surface area (Å²) in [6, 6.07) is 12.4. The minimum absolute atomic E-state index is 0.0985. The predicted molar refractivity (Wildman–Crippen MR) is 69.8 cm³/mol. The number of carbonyl (C=O) groups is 1. The number of nitrogens with zero attached hydrogens (tertiary/aromatic N) is 1. The molecule has 0 heterocycles. The second-order valence-corrected chi connectivity index (χ2v) is 4.97. The van der Waals surface area contributed by atoms with Crippen LogP contribution in [0.25, 0.3) is 0 Å². The fourth-order valence-electron chi connectivity index (χ4n) is 2.93. The van der Waals surface area contributed by atoms with Gasteiger partial charge < -0.3 is 5.32 Å². The lowest BCUT2D eigenvalue weighted by Crippen LogP contribution is -2.52. The summed E-state index contributed by atoms with van der Waals surface area (Å²) in [6.45, 7) is 1.48. The summed E-state index contributed by atoms with van der Waals surface area (Å²) in [6.07, 6.45) is 3.81. The van der Waals surface area contributed by atoms with E-state index in [1.165, 1.54) is 6.92 Å². The van der Waals surface area contributed by atoms with Gasteiger partial charge in [-0.15, -0.1) is 0 Å². The van der Waals surface area contributed by atoms with Crippen LogP contribution in [-0.4, -0.2) is 11.4 Å². The van der Waals surface area contributed by atoms with Gasteiger partial charge in [-0.05, 0) is 24.8 Å². The molecule has 3 heteroatoms. The number of rotatable bonds is 2. The van der Waals surface area contributed by atoms with Gasteiger partial charge in [0.15, 0.2) is 0 Å². The lowest BCUT2D eigenvalue weighted by Gasteiger charge is -2.39. The van der Waals surface area contributed by atoms with Crippen molar-refractivity contribution in [3.05, 3.63) is 35.9 Å². The molecule has 1 saturated carbocycles.